The van der Waals surface area contributed by atoms with Gasteiger partial charge < -0.3 is 14.5 Å². The fourth-order valence-corrected chi connectivity index (χ4v) is 2.15. The van der Waals surface area contributed by atoms with Crippen molar-refractivity contribution in [2.45, 2.75) is 32.6 Å². The Morgan fingerprint density at radius 2 is 2.50 bits per heavy atom. The quantitative estimate of drug-likeness (QED) is 0.884. The monoisotopic (exact) mass is 252 g/mol. The van der Waals surface area contributed by atoms with E-state index in [0.717, 1.165) is 18.5 Å². The molecule has 5 heteroatoms. The molecule has 1 aliphatic rings. The van der Waals surface area contributed by atoms with Gasteiger partial charge in [-0.05, 0) is 12.8 Å². The van der Waals surface area contributed by atoms with Gasteiger partial charge in [-0.1, -0.05) is 19.0 Å². The van der Waals surface area contributed by atoms with Crippen molar-refractivity contribution < 1.29 is 14.4 Å². The van der Waals surface area contributed by atoms with E-state index in [1.165, 1.54) is 0 Å². The van der Waals surface area contributed by atoms with E-state index in [1.807, 2.05) is 0 Å². The number of nitrogens with zero attached hydrogens (tertiary/aromatic N) is 2. The molecule has 1 saturated heterocycles. The van der Waals surface area contributed by atoms with E-state index < -0.39 is 0 Å². The van der Waals surface area contributed by atoms with Gasteiger partial charge in [-0.2, -0.15) is 0 Å². The molecule has 0 saturated carbocycles. The van der Waals surface area contributed by atoms with E-state index in [9.17, 15) is 4.79 Å². The van der Waals surface area contributed by atoms with Crippen LogP contribution < -0.4 is 0 Å². The summed E-state index contributed by atoms with van der Waals surface area (Å²) in [4.78, 5) is 13.9. The van der Waals surface area contributed by atoms with Crippen LogP contribution >= 0.6 is 0 Å². The maximum Gasteiger partial charge on any atom is 0.292 e. The van der Waals surface area contributed by atoms with E-state index in [-0.39, 0.29) is 18.4 Å². The number of rotatable bonds is 4. The summed E-state index contributed by atoms with van der Waals surface area (Å²) < 4.78 is 5.13. The minimum absolute atomic E-state index is 0.118. The highest BCUT2D eigenvalue weighted by Gasteiger charge is 2.28. The molecule has 1 amide bonds. The van der Waals surface area contributed by atoms with Gasteiger partial charge in [0.1, 0.15) is 0 Å². The minimum Gasteiger partial charge on any atom is -0.396 e. The van der Waals surface area contributed by atoms with E-state index in [2.05, 4.69) is 19.0 Å². The summed E-state index contributed by atoms with van der Waals surface area (Å²) in [5.41, 5.74) is 0.832. The van der Waals surface area contributed by atoms with Crippen molar-refractivity contribution in [2.75, 3.05) is 19.7 Å². The Morgan fingerprint density at radius 3 is 3.11 bits per heavy atom. The third kappa shape index (κ3) is 2.56. The average molecular weight is 252 g/mol. The zero-order valence-electron chi connectivity index (χ0n) is 10.9. The lowest BCUT2D eigenvalue weighted by Gasteiger charge is -2.13. The summed E-state index contributed by atoms with van der Waals surface area (Å²) in [6.07, 6.45) is 1.82. The summed E-state index contributed by atoms with van der Waals surface area (Å²) in [5.74, 6) is 0.696. The van der Waals surface area contributed by atoms with E-state index >= 15 is 0 Å². The molecular weight excluding hydrogens is 232 g/mol. The second kappa shape index (κ2) is 5.52. The SMILES string of the molecule is CCC(C)c1cc(C(=O)N2CCC(CO)C2)on1. The van der Waals surface area contributed by atoms with Crippen LogP contribution in [0.15, 0.2) is 10.6 Å². The summed E-state index contributed by atoms with van der Waals surface area (Å²) in [5, 5.41) is 13.0. The van der Waals surface area contributed by atoms with Crippen LogP contribution in [0.3, 0.4) is 0 Å². The third-order valence-electron chi connectivity index (χ3n) is 3.69. The summed E-state index contributed by atoms with van der Waals surface area (Å²) >= 11 is 0. The Morgan fingerprint density at radius 1 is 1.72 bits per heavy atom. The molecule has 2 heterocycles. The highest BCUT2D eigenvalue weighted by atomic mass is 16.5. The Bertz CT molecular complexity index is 416. The molecule has 1 fully saturated rings. The first-order valence-corrected chi connectivity index (χ1v) is 6.52. The van der Waals surface area contributed by atoms with Gasteiger partial charge in [-0.25, -0.2) is 0 Å². The standard InChI is InChI=1S/C13H20N2O3/c1-3-9(2)11-6-12(18-14-11)13(17)15-5-4-10(7-15)8-16/h6,9-10,16H,3-5,7-8H2,1-2H3. The molecule has 1 N–H and O–H groups in total. The van der Waals surface area contributed by atoms with Crippen LogP contribution in [-0.2, 0) is 0 Å². The van der Waals surface area contributed by atoms with Gasteiger partial charge in [0.25, 0.3) is 5.91 Å². The fraction of sp³-hybridized carbons (Fsp3) is 0.692. The molecule has 0 bridgehead atoms. The number of aliphatic hydroxyl groups is 1. The number of aromatic nitrogens is 1. The predicted octanol–water partition coefficient (Wildman–Crippen LogP) is 1.64. The summed E-state index contributed by atoms with van der Waals surface area (Å²) in [6.45, 7) is 5.56. The van der Waals surface area contributed by atoms with Crippen molar-refractivity contribution in [3.63, 3.8) is 0 Å². The first-order chi connectivity index (χ1) is 8.65. The van der Waals surface area contributed by atoms with E-state index in [4.69, 9.17) is 9.63 Å². The van der Waals surface area contributed by atoms with Gasteiger partial charge in [0.2, 0.25) is 5.76 Å². The molecule has 1 aromatic heterocycles. The van der Waals surface area contributed by atoms with Gasteiger partial charge in [-0.15, -0.1) is 0 Å². The highest BCUT2D eigenvalue weighted by Crippen LogP contribution is 2.21. The minimum atomic E-state index is -0.118. The number of hydrogen-bond acceptors (Lipinski definition) is 4. The van der Waals surface area contributed by atoms with Crippen LogP contribution in [0.5, 0.6) is 0 Å². The molecular formula is C13H20N2O3. The lowest BCUT2D eigenvalue weighted by molar-refractivity contribution is 0.0740. The van der Waals surface area contributed by atoms with Crippen molar-refractivity contribution in [2.24, 2.45) is 5.92 Å². The molecule has 0 radical (unpaired) electrons. The topological polar surface area (TPSA) is 66.6 Å². The van der Waals surface area contributed by atoms with Crippen LogP contribution in [-0.4, -0.2) is 40.8 Å². The molecule has 18 heavy (non-hydrogen) atoms. The van der Waals surface area contributed by atoms with Gasteiger partial charge in [-0.3, -0.25) is 4.79 Å². The molecule has 5 nitrogen and oxygen atoms in total. The summed E-state index contributed by atoms with van der Waals surface area (Å²) in [7, 11) is 0. The Kier molecular flexibility index (Phi) is 4.01. The van der Waals surface area contributed by atoms with E-state index in [0.29, 0.717) is 24.8 Å². The highest BCUT2D eigenvalue weighted by molar-refractivity contribution is 5.91. The van der Waals surface area contributed by atoms with Crippen LogP contribution in [0.2, 0.25) is 0 Å². The molecule has 2 atom stereocenters. The number of aliphatic hydroxyl groups excluding tert-OH is 1. The number of hydrogen-bond donors (Lipinski definition) is 1. The smallest absolute Gasteiger partial charge is 0.292 e. The average Bonchev–Trinajstić information content (AvgIpc) is 3.05. The maximum absolute atomic E-state index is 12.1. The Labute approximate surface area is 107 Å². The van der Waals surface area contributed by atoms with E-state index in [1.54, 1.807) is 11.0 Å². The first kappa shape index (κ1) is 13.1. The first-order valence-electron chi connectivity index (χ1n) is 6.52. The number of likely N-dealkylation sites (tertiary alicyclic amines) is 1. The number of carbonyl (C=O) groups excluding carboxylic acids is 1. The zero-order chi connectivity index (χ0) is 13.1. The fourth-order valence-electron chi connectivity index (χ4n) is 2.15. The van der Waals surface area contributed by atoms with Gasteiger partial charge >= 0.3 is 0 Å². The Balaban J connectivity index is 2.03. The van der Waals surface area contributed by atoms with Crippen molar-refractivity contribution in [1.29, 1.82) is 0 Å². The molecule has 0 aliphatic carbocycles. The second-order valence-electron chi connectivity index (χ2n) is 5.01. The lowest BCUT2D eigenvalue weighted by Crippen LogP contribution is -2.28. The second-order valence-corrected chi connectivity index (χ2v) is 5.01. The largest absolute Gasteiger partial charge is 0.396 e. The summed E-state index contributed by atoms with van der Waals surface area (Å²) in [6, 6.07) is 1.74. The maximum atomic E-state index is 12.1. The Hall–Kier alpha value is -1.36. The molecule has 1 aliphatic heterocycles. The van der Waals surface area contributed by atoms with Crippen molar-refractivity contribution in [1.82, 2.24) is 10.1 Å². The van der Waals surface area contributed by atoms with Crippen LogP contribution in [0.4, 0.5) is 0 Å². The number of amides is 1. The third-order valence-corrected chi connectivity index (χ3v) is 3.69. The number of carbonyl (C=O) groups is 1. The van der Waals surface area contributed by atoms with Gasteiger partial charge in [0.15, 0.2) is 0 Å². The van der Waals surface area contributed by atoms with Crippen LogP contribution in [0.25, 0.3) is 0 Å². The molecule has 100 valence electrons. The van der Waals surface area contributed by atoms with Crippen molar-refractivity contribution in [3.05, 3.63) is 17.5 Å². The molecule has 1 aromatic rings. The van der Waals surface area contributed by atoms with Crippen molar-refractivity contribution in [3.8, 4) is 0 Å². The predicted molar refractivity (Wildman–Crippen MR) is 66.3 cm³/mol. The lowest BCUT2D eigenvalue weighted by atomic mass is 10.1. The van der Waals surface area contributed by atoms with Crippen molar-refractivity contribution >= 4 is 5.91 Å². The molecule has 0 aromatic carbocycles. The van der Waals surface area contributed by atoms with Gasteiger partial charge in [0, 0.05) is 37.6 Å². The molecule has 2 rings (SSSR count). The molecule has 2 unspecified atom stereocenters. The molecule has 0 spiro atoms. The van der Waals surface area contributed by atoms with Gasteiger partial charge in [0.05, 0.1) is 5.69 Å². The van der Waals surface area contributed by atoms with Crippen LogP contribution in [0.1, 0.15) is 48.9 Å². The normalized spacial score (nSPS) is 21.3. The zero-order valence-corrected chi connectivity index (χ0v) is 10.9. The van der Waals surface area contributed by atoms with Crippen LogP contribution in [0, 0.1) is 5.92 Å².